The minimum atomic E-state index is 0.117. The maximum absolute atomic E-state index is 11.5. The van der Waals surface area contributed by atoms with Crippen LogP contribution in [-0.4, -0.2) is 26.0 Å². The molecule has 0 amide bonds. The monoisotopic (exact) mass is 221 g/mol. The van der Waals surface area contributed by atoms with Crippen LogP contribution in [0.25, 0.3) is 0 Å². The quantitative estimate of drug-likeness (QED) is 0.564. The third kappa shape index (κ3) is 4.13. The molecule has 1 aromatic carbocycles. The Labute approximate surface area is 96.6 Å². The summed E-state index contributed by atoms with van der Waals surface area (Å²) < 4.78 is 4.99. The third-order valence-corrected chi connectivity index (χ3v) is 2.46. The summed E-state index contributed by atoms with van der Waals surface area (Å²) in [5, 5.41) is 0. The second kappa shape index (κ2) is 7.14. The molecule has 0 radical (unpaired) electrons. The molecule has 0 aromatic heterocycles. The van der Waals surface area contributed by atoms with Crippen molar-refractivity contribution in [2.45, 2.75) is 19.3 Å². The highest BCUT2D eigenvalue weighted by Crippen LogP contribution is 2.08. The number of carbonyl (C=O) groups is 1. The van der Waals surface area contributed by atoms with Crippen LogP contribution in [0.1, 0.15) is 28.8 Å². The molecule has 0 unspecified atom stereocenters. The number of methoxy groups -OCH3 is 1. The van der Waals surface area contributed by atoms with Crippen molar-refractivity contribution in [1.82, 2.24) is 0 Å². The molecule has 1 rings (SSSR count). The number of Topliss-reactive ketones (excluding diaryl/α,β-unsaturated/α-hetero) is 1. The molecular weight excluding hydrogens is 202 g/mol. The lowest BCUT2D eigenvalue weighted by Crippen LogP contribution is -2.08. The summed E-state index contributed by atoms with van der Waals surface area (Å²) in [4.78, 5) is 11.5. The molecule has 0 atom stereocenters. The minimum absolute atomic E-state index is 0.117. The summed E-state index contributed by atoms with van der Waals surface area (Å²) >= 11 is 0. The van der Waals surface area contributed by atoms with E-state index in [1.54, 1.807) is 7.11 Å². The maximum Gasteiger partial charge on any atom is 0.164 e. The summed E-state index contributed by atoms with van der Waals surface area (Å²) in [5.74, 6) is 0.117. The highest BCUT2D eigenvalue weighted by molar-refractivity contribution is 5.96. The first kappa shape index (κ1) is 12.9. The number of hydrogen-bond acceptors (Lipinski definition) is 3. The van der Waals surface area contributed by atoms with Crippen molar-refractivity contribution in [1.29, 1.82) is 0 Å². The van der Waals surface area contributed by atoms with E-state index < -0.39 is 0 Å². The van der Waals surface area contributed by atoms with Crippen molar-refractivity contribution >= 4 is 5.78 Å². The van der Waals surface area contributed by atoms with Gasteiger partial charge >= 0.3 is 0 Å². The predicted octanol–water partition coefficient (Wildman–Crippen LogP) is 1.80. The van der Waals surface area contributed by atoms with Crippen LogP contribution >= 0.6 is 0 Å². The summed E-state index contributed by atoms with van der Waals surface area (Å²) in [6.45, 7) is 1.18. The van der Waals surface area contributed by atoms with Crippen LogP contribution in [0.4, 0.5) is 0 Å². The largest absolute Gasteiger partial charge is 0.385 e. The first-order valence-corrected chi connectivity index (χ1v) is 5.59. The number of benzene rings is 1. The van der Waals surface area contributed by atoms with Gasteiger partial charge in [0.25, 0.3) is 0 Å². The minimum Gasteiger partial charge on any atom is -0.385 e. The molecule has 88 valence electrons. The Bertz CT molecular complexity index is 319. The van der Waals surface area contributed by atoms with Crippen molar-refractivity contribution in [3.05, 3.63) is 35.4 Å². The summed E-state index contributed by atoms with van der Waals surface area (Å²) in [5.41, 5.74) is 7.33. The lowest BCUT2D eigenvalue weighted by Gasteiger charge is -2.03. The fourth-order valence-corrected chi connectivity index (χ4v) is 1.55. The summed E-state index contributed by atoms with van der Waals surface area (Å²) in [6, 6.07) is 7.75. The number of nitrogens with two attached hydrogens (primary N) is 1. The van der Waals surface area contributed by atoms with E-state index in [2.05, 4.69) is 0 Å². The normalized spacial score (nSPS) is 10.4. The summed E-state index contributed by atoms with van der Waals surface area (Å²) in [7, 11) is 1.70. The molecule has 0 saturated heterocycles. The molecule has 2 N–H and O–H groups in total. The number of ether oxygens (including phenoxy) is 1. The van der Waals surface area contributed by atoms with Gasteiger partial charge in [-0.05, 0) is 24.9 Å². The van der Waals surface area contributed by atoms with Crippen LogP contribution in [-0.2, 0) is 11.2 Å². The molecule has 0 saturated carbocycles. The average molecular weight is 221 g/mol. The van der Waals surface area contributed by atoms with Gasteiger partial charge in [0.1, 0.15) is 0 Å². The molecule has 0 bridgehead atoms. The molecule has 0 aliphatic heterocycles. The van der Waals surface area contributed by atoms with Crippen LogP contribution in [0.5, 0.6) is 0 Å². The van der Waals surface area contributed by atoms with Gasteiger partial charge in [-0.2, -0.15) is 0 Å². The number of aryl methyl sites for hydroxylation is 1. The first-order chi connectivity index (χ1) is 7.77. The Hall–Kier alpha value is -1.19. The van der Waals surface area contributed by atoms with Crippen molar-refractivity contribution in [2.75, 3.05) is 20.3 Å². The Kier molecular flexibility index (Phi) is 5.75. The zero-order valence-electron chi connectivity index (χ0n) is 9.74. The van der Waals surface area contributed by atoms with Gasteiger partial charge in [0, 0.05) is 25.7 Å². The molecule has 0 aliphatic carbocycles. The fourth-order valence-electron chi connectivity index (χ4n) is 1.55. The maximum atomic E-state index is 11.5. The highest BCUT2D eigenvalue weighted by Gasteiger charge is 2.03. The molecule has 0 heterocycles. The Morgan fingerprint density at radius 3 is 2.56 bits per heavy atom. The molecule has 3 heteroatoms. The topological polar surface area (TPSA) is 52.3 Å². The smallest absolute Gasteiger partial charge is 0.164 e. The molecule has 3 nitrogen and oxygen atoms in total. The third-order valence-electron chi connectivity index (χ3n) is 2.46. The number of rotatable bonds is 7. The predicted molar refractivity (Wildman–Crippen MR) is 64.6 cm³/mol. The molecule has 0 fully saturated rings. The molecule has 0 aliphatic rings. The molecule has 0 spiro atoms. The van der Waals surface area contributed by atoms with Gasteiger partial charge in [0.05, 0.1) is 0 Å². The van der Waals surface area contributed by atoms with Crippen molar-refractivity contribution in [3.63, 3.8) is 0 Å². The van der Waals surface area contributed by atoms with Crippen LogP contribution in [0, 0.1) is 0 Å². The zero-order valence-corrected chi connectivity index (χ0v) is 9.74. The standard InChI is InChI=1S/C13H19NO2/c1-16-10-2-3-11-4-6-12(7-5-11)13(15)8-9-14/h4-7H,2-3,8-10,14H2,1H3. The van der Waals surface area contributed by atoms with Crippen molar-refractivity contribution in [2.24, 2.45) is 5.73 Å². The van der Waals surface area contributed by atoms with Crippen molar-refractivity contribution < 1.29 is 9.53 Å². The zero-order chi connectivity index (χ0) is 11.8. The van der Waals surface area contributed by atoms with Gasteiger partial charge in [-0.1, -0.05) is 24.3 Å². The second-order valence-corrected chi connectivity index (χ2v) is 3.76. The van der Waals surface area contributed by atoms with Crippen LogP contribution in [0.2, 0.25) is 0 Å². The van der Waals surface area contributed by atoms with E-state index in [0.717, 1.165) is 25.0 Å². The lowest BCUT2D eigenvalue weighted by molar-refractivity contribution is 0.0985. The van der Waals surface area contributed by atoms with E-state index in [4.69, 9.17) is 10.5 Å². The van der Waals surface area contributed by atoms with E-state index in [1.807, 2.05) is 24.3 Å². The van der Waals surface area contributed by atoms with Gasteiger partial charge in [-0.25, -0.2) is 0 Å². The number of hydrogen-bond donors (Lipinski definition) is 1. The van der Waals surface area contributed by atoms with Gasteiger partial charge in [0.2, 0.25) is 0 Å². The van der Waals surface area contributed by atoms with E-state index in [-0.39, 0.29) is 5.78 Å². The average Bonchev–Trinajstić information content (AvgIpc) is 2.30. The van der Waals surface area contributed by atoms with Gasteiger partial charge < -0.3 is 10.5 Å². The molecular formula is C13H19NO2. The van der Waals surface area contributed by atoms with E-state index in [9.17, 15) is 4.79 Å². The molecule has 1 aromatic rings. The highest BCUT2D eigenvalue weighted by atomic mass is 16.5. The number of ketones is 1. The molecule has 16 heavy (non-hydrogen) atoms. The SMILES string of the molecule is COCCCc1ccc(C(=O)CCN)cc1. The fraction of sp³-hybridized carbons (Fsp3) is 0.462. The second-order valence-electron chi connectivity index (χ2n) is 3.76. The van der Waals surface area contributed by atoms with Crippen LogP contribution < -0.4 is 5.73 Å². The Balaban J connectivity index is 2.50. The van der Waals surface area contributed by atoms with Crippen LogP contribution in [0.15, 0.2) is 24.3 Å². The van der Waals surface area contributed by atoms with Crippen molar-refractivity contribution in [3.8, 4) is 0 Å². The van der Waals surface area contributed by atoms with E-state index in [0.29, 0.717) is 13.0 Å². The summed E-state index contributed by atoms with van der Waals surface area (Å²) in [6.07, 6.45) is 2.41. The Morgan fingerprint density at radius 2 is 2.00 bits per heavy atom. The van der Waals surface area contributed by atoms with Gasteiger partial charge in [0.15, 0.2) is 5.78 Å². The number of carbonyl (C=O) groups excluding carboxylic acids is 1. The Morgan fingerprint density at radius 1 is 1.31 bits per heavy atom. The van der Waals surface area contributed by atoms with Crippen LogP contribution in [0.3, 0.4) is 0 Å². The van der Waals surface area contributed by atoms with Gasteiger partial charge in [-0.15, -0.1) is 0 Å². The van der Waals surface area contributed by atoms with E-state index in [1.165, 1.54) is 5.56 Å². The first-order valence-electron chi connectivity index (χ1n) is 5.59. The van der Waals surface area contributed by atoms with Gasteiger partial charge in [-0.3, -0.25) is 4.79 Å². The van der Waals surface area contributed by atoms with E-state index >= 15 is 0 Å². The lowest BCUT2D eigenvalue weighted by atomic mass is 10.0.